The molecule has 0 spiro atoms. The van der Waals surface area contributed by atoms with E-state index in [9.17, 15) is 9.18 Å². The summed E-state index contributed by atoms with van der Waals surface area (Å²) in [6.07, 6.45) is 0. The van der Waals surface area contributed by atoms with E-state index in [0.717, 1.165) is 4.88 Å². The van der Waals surface area contributed by atoms with Crippen LogP contribution in [0.25, 0.3) is 0 Å². The number of halogens is 2. The zero-order valence-electron chi connectivity index (χ0n) is 10.6. The number of aryl methyl sites for hydroxylation is 1. The van der Waals surface area contributed by atoms with Crippen LogP contribution in [0.3, 0.4) is 0 Å². The Labute approximate surface area is 124 Å². The highest BCUT2D eigenvalue weighted by Crippen LogP contribution is 2.23. The van der Waals surface area contributed by atoms with Gasteiger partial charge in [0.1, 0.15) is 5.82 Å². The van der Waals surface area contributed by atoms with Crippen LogP contribution in [0.5, 0.6) is 0 Å². The fraction of sp³-hybridized carbons (Fsp3) is 0.214. The zero-order chi connectivity index (χ0) is 14.0. The van der Waals surface area contributed by atoms with Gasteiger partial charge in [-0.25, -0.2) is 4.39 Å². The molecule has 1 aromatic carbocycles. The summed E-state index contributed by atoms with van der Waals surface area (Å²) in [5, 5.41) is 2.00. The minimum atomic E-state index is -0.424. The van der Waals surface area contributed by atoms with E-state index >= 15 is 0 Å². The number of carbonyl (C=O) groups excluding carboxylic acids is 1. The number of rotatable bonds is 3. The minimum Gasteiger partial charge on any atom is -0.337 e. The van der Waals surface area contributed by atoms with Crippen LogP contribution >= 0.6 is 27.3 Å². The van der Waals surface area contributed by atoms with E-state index < -0.39 is 5.82 Å². The lowest BCUT2D eigenvalue weighted by Crippen LogP contribution is -2.26. The van der Waals surface area contributed by atoms with Crippen LogP contribution in [0.15, 0.2) is 34.1 Å². The van der Waals surface area contributed by atoms with Crippen LogP contribution in [0.1, 0.15) is 20.8 Å². The molecule has 2 nitrogen and oxygen atoms in total. The van der Waals surface area contributed by atoms with Crippen LogP contribution in [-0.4, -0.2) is 17.9 Å². The molecule has 0 atom stereocenters. The summed E-state index contributed by atoms with van der Waals surface area (Å²) in [6.45, 7) is 2.55. The quantitative estimate of drug-likeness (QED) is 0.817. The van der Waals surface area contributed by atoms with Crippen LogP contribution in [0.4, 0.5) is 4.39 Å². The first-order valence-corrected chi connectivity index (χ1v) is 7.40. The van der Waals surface area contributed by atoms with Crippen molar-refractivity contribution in [2.45, 2.75) is 13.5 Å². The van der Waals surface area contributed by atoms with Gasteiger partial charge in [0, 0.05) is 11.9 Å². The molecule has 0 saturated heterocycles. The molecule has 0 aliphatic carbocycles. The van der Waals surface area contributed by atoms with Crippen molar-refractivity contribution >= 4 is 33.2 Å². The Morgan fingerprint density at radius 3 is 2.79 bits per heavy atom. The molecule has 0 saturated carbocycles. The molecule has 19 heavy (non-hydrogen) atoms. The number of thiophene rings is 1. The van der Waals surface area contributed by atoms with Crippen molar-refractivity contribution in [1.82, 2.24) is 4.90 Å². The smallest absolute Gasteiger partial charge is 0.255 e. The first kappa shape index (κ1) is 14.2. The van der Waals surface area contributed by atoms with Gasteiger partial charge in [-0.3, -0.25) is 4.79 Å². The van der Waals surface area contributed by atoms with E-state index in [1.807, 2.05) is 18.4 Å². The van der Waals surface area contributed by atoms with Gasteiger partial charge in [0.15, 0.2) is 0 Å². The average Bonchev–Trinajstić information content (AvgIpc) is 2.77. The molecule has 2 aromatic rings. The third kappa shape index (κ3) is 3.04. The number of carbonyl (C=O) groups is 1. The van der Waals surface area contributed by atoms with Crippen LogP contribution in [-0.2, 0) is 6.54 Å². The Morgan fingerprint density at radius 2 is 2.16 bits per heavy atom. The van der Waals surface area contributed by atoms with E-state index in [-0.39, 0.29) is 10.4 Å². The van der Waals surface area contributed by atoms with Crippen LogP contribution < -0.4 is 0 Å². The van der Waals surface area contributed by atoms with E-state index in [4.69, 9.17) is 0 Å². The molecule has 100 valence electrons. The second-order valence-corrected chi connectivity index (χ2v) is 6.08. The molecular weight excluding hydrogens is 329 g/mol. The maximum atomic E-state index is 13.4. The van der Waals surface area contributed by atoms with E-state index in [1.165, 1.54) is 17.7 Å². The summed E-state index contributed by atoms with van der Waals surface area (Å²) in [4.78, 5) is 15.0. The Hall–Kier alpha value is -1.20. The van der Waals surface area contributed by atoms with Gasteiger partial charge in [-0.05, 0) is 52.0 Å². The lowest BCUT2D eigenvalue weighted by molar-refractivity contribution is 0.0785. The topological polar surface area (TPSA) is 20.3 Å². The lowest BCUT2D eigenvalue weighted by atomic mass is 10.2. The highest BCUT2D eigenvalue weighted by Gasteiger charge is 2.17. The fourth-order valence-electron chi connectivity index (χ4n) is 1.73. The van der Waals surface area contributed by atoms with Gasteiger partial charge in [0.25, 0.3) is 5.91 Å². The molecule has 0 N–H and O–H groups in total. The SMILES string of the molecule is Cc1ccsc1CN(C)C(=O)c1cccc(F)c1Br. The van der Waals surface area contributed by atoms with Gasteiger partial charge in [-0.1, -0.05) is 6.07 Å². The number of benzene rings is 1. The zero-order valence-corrected chi connectivity index (χ0v) is 13.0. The van der Waals surface area contributed by atoms with Gasteiger partial charge in [-0.2, -0.15) is 0 Å². The van der Waals surface area contributed by atoms with Crippen LogP contribution in [0.2, 0.25) is 0 Å². The molecule has 0 aliphatic heterocycles. The third-order valence-corrected chi connectivity index (χ3v) is 4.69. The number of hydrogen-bond donors (Lipinski definition) is 0. The second kappa shape index (κ2) is 5.84. The number of hydrogen-bond acceptors (Lipinski definition) is 2. The van der Waals surface area contributed by atoms with Crippen molar-refractivity contribution in [1.29, 1.82) is 0 Å². The first-order chi connectivity index (χ1) is 9.00. The van der Waals surface area contributed by atoms with Crippen molar-refractivity contribution in [2.75, 3.05) is 7.05 Å². The summed E-state index contributed by atoms with van der Waals surface area (Å²) in [5.74, 6) is -0.620. The Morgan fingerprint density at radius 1 is 1.42 bits per heavy atom. The van der Waals surface area contributed by atoms with Crippen LogP contribution in [0, 0.1) is 12.7 Å². The summed E-state index contributed by atoms with van der Waals surface area (Å²) in [7, 11) is 1.72. The second-order valence-electron chi connectivity index (χ2n) is 4.29. The minimum absolute atomic E-state index is 0.195. The molecule has 1 heterocycles. The Kier molecular flexibility index (Phi) is 4.37. The molecule has 0 aliphatic rings. The lowest BCUT2D eigenvalue weighted by Gasteiger charge is -2.17. The highest BCUT2D eigenvalue weighted by atomic mass is 79.9. The standard InChI is InChI=1S/C14H13BrFNOS/c1-9-6-7-19-12(9)8-17(2)14(18)10-4-3-5-11(16)13(10)15/h3-7H,8H2,1-2H3. The van der Waals surface area contributed by atoms with Crippen molar-refractivity contribution < 1.29 is 9.18 Å². The molecule has 0 bridgehead atoms. The third-order valence-electron chi connectivity index (χ3n) is 2.88. The molecule has 0 fully saturated rings. The molecule has 1 aromatic heterocycles. The van der Waals surface area contributed by atoms with Gasteiger partial charge < -0.3 is 4.90 Å². The molecule has 0 unspecified atom stereocenters. The summed E-state index contributed by atoms with van der Waals surface area (Å²) >= 11 is 4.74. The van der Waals surface area contributed by atoms with Crippen molar-refractivity contribution in [3.8, 4) is 0 Å². The van der Waals surface area contributed by atoms with Gasteiger partial charge >= 0.3 is 0 Å². The largest absolute Gasteiger partial charge is 0.337 e. The highest BCUT2D eigenvalue weighted by molar-refractivity contribution is 9.10. The van der Waals surface area contributed by atoms with E-state index in [0.29, 0.717) is 12.1 Å². The summed E-state index contributed by atoms with van der Waals surface area (Å²) in [5.41, 5.74) is 1.51. The predicted molar refractivity (Wildman–Crippen MR) is 79.0 cm³/mol. The molecule has 0 radical (unpaired) electrons. The number of amides is 1. The van der Waals surface area contributed by atoms with Crippen molar-refractivity contribution in [3.05, 3.63) is 55.9 Å². The van der Waals surface area contributed by atoms with Gasteiger partial charge in [0.05, 0.1) is 16.6 Å². The van der Waals surface area contributed by atoms with Crippen molar-refractivity contribution in [3.63, 3.8) is 0 Å². The molecule has 2 rings (SSSR count). The van der Waals surface area contributed by atoms with E-state index in [2.05, 4.69) is 15.9 Å². The predicted octanol–water partition coefficient (Wildman–Crippen LogP) is 4.23. The maximum Gasteiger partial charge on any atom is 0.255 e. The fourth-order valence-corrected chi connectivity index (χ4v) is 3.12. The van der Waals surface area contributed by atoms with Gasteiger partial charge in [0.2, 0.25) is 0 Å². The Balaban J connectivity index is 2.20. The van der Waals surface area contributed by atoms with E-state index in [1.54, 1.807) is 29.4 Å². The summed E-state index contributed by atoms with van der Waals surface area (Å²) < 4.78 is 13.6. The molecule has 5 heteroatoms. The first-order valence-electron chi connectivity index (χ1n) is 5.73. The molecular formula is C14H13BrFNOS. The average molecular weight is 342 g/mol. The van der Waals surface area contributed by atoms with Gasteiger partial charge in [-0.15, -0.1) is 11.3 Å². The number of nitrogens with zero attached hydrogens (tertiary/aromatic N) is 1. The van der Waals surface area contributed by atoms with Crippen molar-refractivity contribution in [2.24, 2.45) is 0 Å². The molecule has 1 amide bonds. The monoisotopic (exact) mass is 341 g/mol. The summed E-state index contributed by atoms with van der Waals surface area (Å²) in [6, 6.07) is 6.51. The maximum absolute atomic E-state index is 13.4. The normalized spacial score (nSPS) is 10.5. The Bertz CT molecular complexity index is 611.